The Bertz CT molecular complexity index is 1090. The van der Waals surface area contributed by atoms with Crippen LogP contribution in [0.4, 0.5) is 0 Å². The van der Waals surface area contributed by atoms with E-state index in [1.165, 1.54) is 16.7 Å². The maximum absolute atomic E-state index is 13.0. The Morgan fingerprint density at radius 3 is 2.71 bits per heavy atom. The summed E-state index contributed by atoms with van der Waals surface area (Å²) in [7, 11) is 0. The fourth-order valence-electron chi connectivity index (χ4n) is 4.15. The lowest BCUT2D eigenvalue weighted by Crippen LogP contribution is -2.68. The Kier molecular flexibility index (Phi) is 7.00. The molecule has 4 heterocycles. The number of aromatic nitrogens is 1. The predicted octanol–water partition coefficient (Wildman–Crippen LogP) is -1.68. The molecule has 1 aromatic rings. The van der Waals surface area contributed by atoms with Crippen LogP contribution in [0.25, 0.3) is 0 Å². The van der Waals surface area contributed by atoms with Crippen molar-refractivity contribution in [1.82, 2.24) is 15.1 Å². The van der Waals surface area contributed by atoms with Crippen LogP contribution in [0.5, 0.6) is 0 Å². The molecular formula is C22H26N5O6S+. The van der Waals surface area contributed by atoms with Crippen LogP contribution in [-0.4, -0.2) is 80.6 Å². The van der Waals surface area contributed by atoms with Crippen molar-refractivity contribution in [2.75, 3.05) is 25.4 Å². The highest BCUT2D eigenvalue weighted by Gasteiger charge is 2.51. The molecule has 0 bridgehead atoms. The highest BCUT2D eigenvalue weighted by molar-refractivity contribution is 8.00. The van der Waals surface area contributed by atoms with Crippen molar-refractivity contribution in [3.05, 3.63) is 53.0 Å². The smallest absolute Gasteiger partial charge is 0.352 e. The summed E-state index contributed by atoms with van der Waals surface area (Å²) >= 11 is 1.40. The molecule has 5 N–H and O–H groups in total. The number of carboxylic acid groups (broad SMARTS) is 1. The topological polar surface area (TPSA) is 157 Å². The van der Waals surface area contributed by atoms with Crippen molar-refractivity contribution in [3.63, 3.8) is 0 Å². The Morgan fingerprint density at radius 1 is 1.29 bits per heavy atom. The van der Waals surface area contributed by atoms with Gasteiger partial charge in [-0.3, -0.25) is 19.3 Å². The Hall–Kier alpha value is -3.22. The zero-order chi connectivity index (χ0) is 24.4. The van der Waals surface area contributed by atoms with Gasteiger partial charge in [0.1, 0.15) is 17.1 Å². The van der Waals surface area contributed by atoms with Gasteiger partial charge in [0.2, 0.25) is 18.4 Å². The summed E-state index contributed by atoms with van der Waals surface area (Å²) in [5.41, 5.74) is 7.53. The number of aliphatic carboxylic acids is 1. The van der Waals surface area contributed by atoms with E-state index in [1.54, 1.807) is 27.9 Å². The van der Waals surface area contributed by atoms with Gasteiger partial charge in [-0.05, 0) is 23.6 Å². The minimum absolute atomic E-state index is 0.0927. The number of nitrogens with zero attached hydrogens (tertiary/aromatic N) is 3. The molecule has 180 valence electrons. The number of allylic oxidation sites excluding steroid dienone is 1. The minimum Gasteiger partial charge on any atom is -0.477 e. The Balaban J connectivity index is 1.42. The van der Waals surface area contributed by atoms with Gasteiger partial charge in [-0.1, -0.05) is 0 Å². The number of amides is 3. The Labute approximate surface area is 199 Å². The lowest BCUT2D eigenvalue weighted by molar-refractivity contribution is -0.684. The first-order valence-corrected chi connectivity index (χ1v) is 11.9. The summed E-state index contributed by atoms with van der Waals surface area (Å²) in [6.07, 6.45) is 5.59. The van der Waals surface area contributed by atoms with E-state index < -0.39 is 17.9 Å². The molecule has 2 fully saturated rings. The quantitative estimate of drug-likeness (QED) is 0.192. The summed E-state index contributed by atoms with van der Waals surface area (Å²) < 4.78 is 1.70. The third-order valence-corrected chi connectivity index (χ3v) is 7.22. The number of nitrogens with one attached hydrogen (secondary N) is 1. The molecule has 11 nitrogen and oxygen atoms in total. The van der Waals surface area contributed by atoms with Gasteiger partial charge in [0, 0.05) is 43.1 Å². The number of β-lactam (4-membered cyclic amide) rings is 1. The first-order chi connectivity index (χ1) is 16.3. The minimum atomic E-state index is -1.21. The molecule has 0 saturated carbocycles. The molecule has 3 amide bonds. The van der Waals surface area contributed by atoms with Gasteiger partial charge in [0.15, 0.2) is 12.4 Å². The summed E-state index contributed by atoms with van der Waals surface area (Å²) in [5.74, 6) is -1.64. The first-order valence-electron chi connectivity index (χ1n) is 10.8. The fraction of sp³-hybridized carbons (Fsp3) is 0.409. The molecule has 1 aromatic heterocycles. The van der Waals surface area contributed by atoms with Crippen LogP contribution in [0.3, 0.4) is 0 Å². The van der Waals surface area contributed by atoms with Crippen molar-refractivity contribution in [1.29, 1.82) is 0 Å². The molecule has 2 atom stereocenters. The van der Waals surface area contributed by atoms with Gasteiger partial charge in [0.05, 0.1) is 6.61 Å². The van der Waals surface area contributed by atoms with Gasteiger partial charge in [-0.2, -0.15) is 4.57 Å². The highest BCUT2D eigenvalue weighted by Crippen LogP contribution is 2.40. The fourth-order valence-corrected chi connectivity index (χ4v) is 5.40. The standard InChI is InChI=1S/C22H25N5O6S/c23-17-20(31)27-18(22(32)33)15(12-34-21(17)27)9-14-3-7-26(19(14)30)10-13-1-5-25(6-2-13)11-16(29)24-4-8-28/h1-2,5-6,9,17,21,28H,3-4,7-8,10-12,23H2,(H-,24,29,32,33)/p+1/b14-9+/t17-,21-/m1/s1. The SMILES string of the molecule is N[C@@H]1C(=O)N2C(C(=O)O)=C(/C=C3\CCN(Cc4cc[n+](CC(=O)NCCO)cc4)C3=O)CS[C@H]12. The van der Waals surface area contributed by atoms with Crippen LogP contribution in [0, 0.1) is 0 Å². The van der Waals surface area contributed by atoms with Crippen LogP contribution in [0.15, 0.2) is 47.4 Å². The largest absolute Gasteiger partial charge is 0.477 e. The lowest BCUT2D eigenvalue weighted by atomic mass is 10.0. The summed E-state index contributed by atoms with van der Waals surface area (Å²) in [5, 5.41) is 20.6. The molecule has 3 aliphatic rings. The van der Waals surface area contributed by atoms with E-state index in [-0.39, 0.29) is 42.6 Å². The molecule has 12 heteroatoms. The van der Waals surface area contributed by atoms with Crippen molar-refractivity contribution in [3.8, 4) is 0 Å². The number of nitrogens with two attached hydrogens (primary N) is 1. The van der Waals surface area contributed by atoms with Crippen LogP contribution in [0.1, 0.15) is 12.0 Å². The second-order valence-electron chi connectivity index (χ2n) is 8.21. The molecule has 34 heavy (non-hydrogen) atoms. The molecule has 2 saturated heterocycles. The number of rotatable bonds is 8. The van der Waals surface area contributed by atoms with Crippen LogP contribution >= 0.6 is 11.8 Å². The van der Waals surface area contributed by atoms with E-state index in [4.69, 9.17) is 10.8 Å². The van der Waals surface area contributed by atoms with E-state index in [9.17, 15) is 24.3 Å². The maximum atomic E-state index is 13.0. The summed E-state index contributed by atoms with van der Waals surface area (Å²) in [4.78, 5) is 51.6. The second-order valence-corrected chi connectivity index (χ2v) is 9.32. The molecule has 0 spiro atoms. The number of likely N-dealkylation sites (tertiary alicyclic amines) is 1. The maximum Gasteiger partial charge on any atom is 0.352 e. The lowest BCUT2D eigenvalue weighted by Gasteiger charge is -2.47. The number of hydrogen-bond donors (Lipinski definition) is 4. The van der Waals surface area contributed by atoms with Crippen molar-refractivity contribution in [2.24, 2.45) is 5.73 Å². The van der Waals surface area contributed by atoms with Gasteiger partial charge in [-0.25, -0.2) is 4.79 Å². The first kappa shape index (κ1) is 23.9. The number of carbonyl (C=O) groups excluding carboxylic acids is 3. The molecule has 0 aromatic carbocycles. The Morgan fingerprint density at radius 2 is 2.03 bits per heavy atom. The van der Waals surface area contributed by atoms with Crippen molar-refractivity contribution in [2.45, 2.75) is 30.9 Å². The van der Waals surface area contributed by atoms with Crippen LogP contribution < -0.4 is 15.6 Å². The summed E-state index contributed by atoms with van der Waals surface area (Å²) in [6, 6.07) is 2.96. The van der Waals surface area contributed by atoms with Crippen LogP contribution in [-0.2, 0) is 32.3 Å². The third-order valence-electron chi connectivity index (χ3n) is 5.90. The normalized spacial score (nSPS) is 23.3. The zero-order valence-electron chi connectivity index (χ0n) is 18.3. The number of carbonyl (C=O) groups is 4. The number of aliphatic hydroxyl groups is 1. The third kappa shape index (κ3) is 4.69. The van der Waals surface area contributed by atoms with E-state index in [0.29, 0.717) is 36.4 Å². The molecule has 0 aliphatic carbocycles. The predicted molar refractivity (Wildman–Crippen MR) is 121 cm³/mol. The van der Waals surface area contributed by atoms with Gasteiger partial charge >= 0.3 is 5.97 Å². The number of pyridine rings is 1. The highest BCUT2D eigenvalue weighted by atomic mass is 32.2. The van der Waals surface area contributed by atoms with E-state index in [0.717, 1.165) is 5.56 Å². The second kappa shape index (κ2) is 9.95. The monoisotopic (exact) mass is 488 g/mol. The van der Waals surface area contributed by atoms with Gasteiger partial charge in [0.25, 0.3) is 5.91 Å². The molecule has 3 aliphatic heterocycles. The molecule has 0 unspecified atom stereocenters. The van der Waals surface area contributed by atoms with Gasteiger partial charge in [-0.15, -0.1) is 11.8 Å². The number of fused-ring (bicyclic) bond motifs is 1. The van der Waals surface area contributed by atoms with Crippen molar-refractivity contribution >= 4 is 35.5 Å². The number of hydrogen-bond acceptors (Lipinski definition) is 7. The number of thioether (sulfide) groups is 1. The molecule has 4 rings (SSSR count). The summed E-state index contributed by atoms with van der Waals surface area (Å²) in [6.45, 7) is 1.10. The van der Waals surface area contributed by atoms with Crippen molar-refractivity contribution < 1.29 is 34.0 Å². The van der Waals surface area contributed by atoms with E-state index in [2.05, 4.69) is 5.32 Å². The zero-order valence-corrected chi connectivity index (χ0v) is 19.2. The average Bonchev–Trinajstić information content (AvgIpc) is 3.16. The van der Waals surface area contributed by atoms with Gasteiger partial charge < -0.3 is 26.2 Å². The number of aliphatic hydroxyl groups excluding tert-OH is 1. The molecular weight excluding hydrogens is 462 g/mol. The molecule has 0 radical (unpaired) electrons. The van der Waals surface area contributed by atoms with E-state index in [1.807, 2.05) is 12.1 Å². The van der Waals surface area contributed by atoms with E-state index >= 15 is 0 Å². The average molecular weight is 489 g/mol. The van der Waals surface area contributed by atoms with Crippen LogP contribution in [0.2, 0.25) is 0 Å². The number of carboxylic acids is 1.